The Kier molecular flexibility index (Phi) is 8.43. The van der Waals surface area contributed by atoms with Gasteiger partial charge in [0.1, 0.15) is 0 Å². The molecule has 0 heterocycles. The molecule has 0 saturated carbocycles. The summed E-state index contributed by atoms with van der Waals surface area (Å²) in [4.78, 5) is 9.02. The van der Waals surface area contributed by atoms with E-state index in [1.165, 1.54) is 0 Å². The van der Waals surface area contributed by atoms with Crippen LogP contribution in [0.1, 0.15) is 13.8 Å². The van der Waals surface area contributed by atoms with E-state index >= 15 is 0 Å². The van der Waals surface area contributed by atoms with Gasteiger partial charge in [0, 0.05) is 12.8 Å². The Morgan fingerprint density at radius 2 is 1.64 bits per heavy atom. The number of hydrogen-bond donors (Lipinski definition) is 1. The second-order valence-corrected chi connectivity index (χ2v) is 4.76. The molecule has 1 unspecified atom stereocenters. The van der Waals surface area contributed by atoms with Crippen molar-refractivity contribution >= 4 is 7.60 Å². The maximum atomic E-state index is 11.0. The third-order valence-corrected chi connectivity index (χ3v) is 2.88. The molecule has 0 fully saturated rings. The van der Waals surface area contributed by atoms with Gasteiger partial charge in [-0.1, -0.05) is 6.92 Å². The van der Waals surface area contributed by atoms with Crippen LogP contribution < -0.4 is 0 Å². The molecule has 86 valence electrons. The summed E-state index contributed by atoms with van der Waals surface area (Å²) >= 11 is 0. The summed E-state index contributed by atoms with van der Waals surface area (Å²) in [5, 5.41) is 0. The fourth-order valence-corrected chi connectivity index (χ4v) is 1.24. The van der Waals surface area contributed by atoms with Gasteiger partial charge in [-0.3, -0.25) is 4.57 Å². The lowest BCUT2D eigenvalue weighted by Gasteiger charge is -2.09. The Bertz CT molecular complexity index is 173. The molecule has 0 saturated heterocycles. The van der Waals surface area contributed by atoms with Crippen LogP contribution in [0.5, 0.6) is 0 Å². The minimum Gasteiger partial charge on any atom is -0.379 e. The standard InChI is InChI=1S/C8H19O5P/c1-3-11-5-6-12-7-8-13-14(9,10)4-2/h3-8H2,1-2H3,(H,9,10). The van der Waals surface area contributed by atoms with Crippen LogP contribution in [0.15, 0.2) is 0 Å². The zero-order chi connectivity index (χ0) is 10.9. The molecule has 0 spiro atoms. The molecule has 0 bridgehead atoms. The van der Waals surface area contributed by atoms with E-state index in [0.29, 0.717) is 26.4 Å². The molecule has 1 atom stereocenters. The Hall–Kier alpha value is 0.0700. The SMILES string of the molecule is CCOCCOCCOP(=O)(O)CC. The number of hydrogen-bond acceptors (Lipinski definition) is 4. The van der Waals surface area contributed by atoms with Gasteiger partial charge in [-0.05, 0) is 6.92 Å². The smallest absolute Gasteiger partial charge is 0.327 e. The van der Waals surface area contributed by atoms with E-state index in [-0.39, 0.29) is 12.8 Å². The molecule has 1 N–H and O–H groups in total. The normalized spacial score (nSPS) is 15.4. The van der Waals surface area contributed by atoms with E-state index in [2.05, 4.69) is 0 Å². The van der Waals surface area contributed by atoms with Crippen molar-refractivity contribution in [3.63, 3.8) is 0 Å². The van der Waals surface area contributed by atoms with Crippen LogP contribution in [0.25, 0.3) is 0 Å². The minimum absolute atomic E-state index is 0.131. The molecule has 0 aromatic rings. The maximum absolute atomic E-state index is 11.0. The highest BCUT2D eigenvalue weighted by Gasteiger charge is 2.14. The summed E-state index contributed by atoms with van der Waals surface area (Å²) < 4.78 is 25.8. The topological polar surface area (TPSA) is 65.0 Å². The Balaban J connectivity index is 3.17. The van der Waals surface area contributed by atoms with Crippen LogP contribution in [-0.2, 0) is 18.6 Å². The first-order valence-electron chi connectivity index (χ1n) is 4.74. The third kappa shape index (κ3) is 8.66. The van der Waals surface area contributed by atoms with Gasteiger partial charge in [-0.2, -0.15) is 0 Å². The molecule has 0 rings (SSSR count). The zero-order valence-corrected chi connectivity index (χ0v) is 9.66. The van der Waals surface area contributed by atoms with E-state index in [4.69, 9.17) is 18.9 Å². The van der Waals surface area contributed by atoms with Gasteiger partial charge in [-0.15, -0.1) is 0 Å². The molecule has 6 heteroatoms. The van der Waals surface area contributed by atoms with E-state index < -0.39 is 7.60 Å². The van der Waals surface area contributed by atoms with Crippen LogP contribution in [0, 0.1) is 0 Å². The van der Waals surface area contributed by atoms with Gasteiger partial charge >= 0.3 is 7.60 Å². The summed E-state index contributed by atoms with van der Waals surface area (Å²) in [5.74, 6) is 0. The van der Waals surface area contributed by atoms with Gasteiger partial charge in [0.2, 0.25) is 0 Å². The Morgan fingerprint density at radius 3 is 2.21 bits per heavy atom. The highest BCUT2D eigenvalue weighted by Crippen LogP contribution is 2.40. The largest absolute Gasteiger partial charge is 0.379 e. The predicted octanol–water partition coefficient (Wildman–Crippen LogP) is 1.26. The fourth-order valence-electron chi connectivity index (χ4n) is 0.694. The van der Waals surface area contributed by atoms with Gasteiger partial charge in [0.05, 0.1) is 26.4 Å². The first-order chi connectivity index (χ1) is 6.62. The molecule has 0 aromatic heterocycles. The van der Waals surface area contributed by atoms with E-state index in [1.54, 1.807) is 6.92 Å². The van der Waals surface area contributed by atoms with Crippen molar-refractivity contribution in [2.24, 2.45) is 0 Å². The molecule has 0 radical (unpaired) electrons. The summed E-state index contributed by atoms with van der Waals surface area (Å²) in [6.45, 7) is 5.68. The summed E-state index contributed by atoms with van der Waals surface area (Å²) in [6.07, 6.45) is 0.131. The second kappa shape index (κ2) is 8.38. The molecule has 5 nitrogen and oxygen atoms in total. The fraction of sp³-hybridized carbons (Fsp3) is 1.00. The molecule has 0 aromatic carbocycles. The summed E-state index contributed by atoms with van der Waals surface area (Å²) in [5.41, 5.74) is 0. The van der Waals surface area contributed by atoms with Gasteiger partial charge in [0.25, 0.3) is 0 Å². The van der Waals surface area contributed by atoms with Crippen LogP contribution in [0.3, 0.4) is 0 Å². The van der Waals surface area contributed by atoms with Crippen molar-refractivity contribution in [1.82, 2.24) is 0 Å². The zero-order valence-electron chi connectivity index (χ0n) is 8.77. The van der Waals surface area contributed by atoms with Crippen molar-refractivity contribution in [2.75, 3.05) is 39.2 Å². The average Bonchev–Trinajstić information content (AvgIpc) is 2.16. The first-order valence-corrected chi connectivity index (χ1v) is 6.50. The lowest BCUT2D eigenvalue weighted by Crippen LogP contribution is -2.08. The van der Waals surface area contributed by atoms with Crippen LogP contribution >= 0.6 is 7.60 Å². The molecule has 14 heavy (non-hydrogen) atoms. The molecule has 0 aliphatic carbocycles. The van der Waals surface area contributed by atoms with Crippen molar-refractivity contribution in [3.05, 3.63) is 0 Å². The molecule has 0 aliphatic rings. The molecular weight excluding hydrogens is 207 g/mol. The van der Waals surface area contributed by atoms with Crippen molar-refractivity contribution in [2.45, 2.75) is 13.8 Å². The first kappa shape index (κ1) is 14.1. The lowest BCUT2D eigenvalue weighted by atomic mass is 10.7. The molecular formula is C8H19O5P. The van der Waals surface area contributed by atoms with E-state index in [1.807, 2.05) is 6.92 Å². The quantitative estimate of drug-likeness (QED) is 0.473. The van der Waals surface area contributed by atoms with Crippen molar-refractivity contribution in [1.29, 1.82) is 0 Å². The summed E-state index contributed by atoms with van der Waals surface area (Å²) in [7, 11) is -3.35. The monoisotopic (exact) mass is 226 g/mol. The number of ether oxygens (including phenoxy) is 2. The lowest BCUT2D eigenvalue weighted by molar-refractivity contribution is 0.0391. The third-order valence-electron chi connectivity index (χ3n) is 1.50. The van der Waals surface area contributed by atoms with Crippen LogP contribution in [-0.4, -0.2) is 44.1 Å². The van der Waals surface area contributed by atoms with Gasteiger partial charge in [0.15, 0.2) is 0 Å². The number of rotatable bonds is 9. The highest BCUT2D eigenvalue weighted by molar-refractivity contribution is 7.52. The summed E-state index contributed by atoms with van der Waals surface area (Å²) in [6, 6.07) is 0. The Morgan fingerprint density at radius 1 is 1.07 bits per heavy atom. The van der Waals surface area contributed by atoms with Crippen LogP contribution in [0.4, 0.5) is 0 Å². The van der Waals surface area contributed by atoms with Crippen LogP contribution in [0.2, 0.25) is 0 Å². The van der Waals surface area contributed by atoms with Crippen molar-refractivity contribution < 1.29 is 23.5 Å². The Labute approximate surface area is 84.9 Å². The highest BCUT2D eigenvalue weighted by atomic mass is 31.2. The molecule has 0 aliphatic heterocycles. The van der Waals surface area contributed by atoms with Gasteiger partial charge in [-0.25, -0.2) is 0 Å². The maximum Gasteiger partial charge on any atom is 0.327 e. The minimum atomic E-state index is -3.35. The molecule has 0 amide bonds. The average molecular weight is 226 g/mol. The second-order valence-electron chi connectivity index (χ2n) is 2.60. The predicted molar refractivity (Wildman–Crippen MR) is 53.6 cm³/mol. The van der Waals surface area contributed by atoms with Crippen molar-refractivity contribution in [3.8, 4) is 0 Å². The van der Waals surface area contributed by atoms with E-state index in [9.17, 15) is 4.57 Å². The van der Waals surface area contributed by atoms with Gasteiger partial charge < -0.3 is 18.9 Å². The van der Waals surface area contributed by atoms with E-state index in [0.717, 1.165) is 0 Å².